The maximum atomic E-state index is 14.8. The Balaban J connectivity index is 1.70. The first kappa shape index (κ1) is 30.7. The van der Waals surface area contributed by atoms with E-state index in [0.29, 0.717) is 34.6 Å². The number of carbonyl (C=O) groups excluding carboxylic acids is 2. The van der Waals surface area contributed by atoms with Crippen molar-refractivity contribution in [3.63, 3.8) is 0 Å². The van der Waals surface area contributed by atoms with Crippen LogP contribution in [0.3, 0.4) is 0 Å². The van der Waals surface area contributed by atoms with Crippen LogP contribution in [0.2, 0.25) is 0 Å². The summed E-state index contributed by atoms with van der Waals surface area (Å²) in [6.07, 6.45) is 1.48. The SMILES string of the molecule is CCOC(=O)c1cn(Cc2ccccc2F)c2sc(-c3ccc(NC(=O)NC)cc3)c(CN(C)Cc3ccccc3)c2c1=O. The number of anilines is 1. The van der Waals surface area contributed by atoms with Gasteiger partial charge in [0.25, 0.3) is 0 Å². The molecule has 0 aliphatic carbocycles. The molecule has 0 bridgehead atoms. The van der Waals surface area contributed by atoms with E-state index < -0.39 is 11.4 Å². The number of fused-ring (bicyclic) bond motifs is 1. The number of pyridine rings is 1. The summed E-state index contributed by atoms with van der Waals surface area (Å²) in [5, 5.41) is 5.69. The first-order valence-corrected chi connectivity index (χ1v) is 15.0. The number of carbonyl (C=O) groups is 2. The Bertz CT molecular complexity index is 1850. The molecule has 2 amide bonds. The zero-order valence-electron chi connectivity index (χ0n) is 24.7. The van der Waals surface area contributed by atoms with Gasteiger partial charge in [-0.2, -0.15) is 0 Å². The van der Waals surface area contributed by atoms with Crippen LogP contribution in [0.25, 0.3) is 20.7 Å². The van der Waals surface area contributed by atoms with E-state index in [1.165, 1.54) is 23.6 Å². The van der Waals surface area contributed by atoms with Gasteiger partial charge < -0.3 is 19.9 Å². The van der Waals surface area contributed by atoms with E-state index in [2.05, 4.69) is 15.5 Å². The molecule has 3 aromatic carbocycles. The molecule has 0 atom stereocenters. The lowest BCUT2D eigenvalue weighted by Crippen LogP contribution is -2.24. The Morgan fingerprint density at radius 3 is 2.36 bits per heavy atom. The summed E-state index contributed by atoms with van der Waals surface area (Å²) < 4.78 is 21.8. The Hall–Kier alpha value is -4.80. The fraction of sp³-hybridized carbons (Fsp3) is 0.206. The van der Waals surface area contributed by atoms with E-state index in [1.807, 2.05) is 49.5 Å². The van der Waals surface area contributed by atoms with E-state index in [4.69, 9.17) is 4.74 Å². The predicted octanol–water partition coefficient (Wildman–Crippen LogP) is 6.48. The molecular formula is C34H33FN4O4S. The minimum atomic E-state index is -0.720. The first-order chi connectivity index (χ1) is 21.3. The van der Waals surface area contributed by atoms with Crippen LogP contribution in [0.4, 0.5) is 14.9 Å². The molecule has 8 nitrogen and oxygen atoms in total. The van der Waals surface area contributed by atoms with Crippen LogP contribution in [0.5, 0.6) is 0 Å². The molecule has 44 heavy (non-hydrogen) atoms. The number of hydrogen-bond acceptors (Lipinski definition) is 6. The molecule has 5 aromatic rings. The smallest absolute Gasteiger partial charge is 0.343 e. The lowest BCUT2D eigenvalue weighted by Gasteiger charge is -2.18. The highest BCUT2D eigenvalue weighted by Crippen LogP contribution is 2.39. The molecule has 2 aromatic heterocycles. The van der Waals surface area contributed by atoms with Gasteiger partial charge in [0.2, 0.25) is 5.43 Å². The summed E-state index contributed by atoms with van der Waals surface area (Å²) in [5.41, 5.74) is 3.23. The average Bonchev–Trinajstić information content (AvgIpc) is 3.40. The zero-order chi connectivity index (χ0) is 31.2. The van der Waals surface area contributed by atoms with E-state index in [1.54, 1.807) is 48.9 Å². The molecule has 5 rings (SSSR count). The lowest BCUT2D eigenvalue weighted by molar-refractivity contribution is 0.0524. The number of rotatable bonds is 10. The van der Waals surface area contributed by atoms with Crippen LogP contribution in [-0.4, -0.2) is 42.2 Å². The molecule has 2 heterocycles. The van der Waals surface area contributed by atoms with Crippen molar-refractivity contribution < 1.29 is 18.7 Å². The van der Waals surface area contributed by atoms with Crippen LogP contribution < -0.4 is 16.1 Å². The molecule has 2 N–H and O–H groups in total. The number of nitrogens with one attached hydrogen (secondary N) is 2. The van der Waals surface area contributed by atoms with Gasteiger partial charge in [-0.15, -0.1) is 11.3 Å². The van der Waals surface area contributed by atoms with Crippen LogP contribution in [0, 0.1) is 5.82 Å². The topological polar surface area (TPSA) is 92.7 Å². The van der Waals surface area contributed by atoms with Gasteiger partial charge in [0.15, 0.2) is 0 Å². The van der Waals surface area contributed by atoms with Gasteiger partial charge in [0.05, 0.1) is 18.5 Å². The molecule has 0 unspecified atom stereocenters. The lowest BCUT2D eigenvalue weighted by atomic mass is 10.0. The molecule has 0 aliphatic rings. The molecule has 0 saturated heterocycles. The van der Waals surface area contributed by atoms with Crippen LogP contribution >= 0.6 is 11.3 Å². The number of thiophene rings is 1. The third-order valence-corrected chi connectivity index (χ3v) is 8.47. The fourth-order valence-electron chi connectivity index (χ4n) is 5.08. The summed E-state index contributed by atoms with van der Waals surface area (Å²) in [6, 6.07) is 23.5. The van der Waals surface area contributed by atoms with Gasteiger partial charge in [-0.05, 0) is 48.9 Å². The maximum absolute atomic E-state index is 14.8. The van der Waals surface area contributed by atoms with Crippen molar-refractivity contribution in [1.82, 2.24) is 14.8 Å². The molecule has 0 aliphatic heterocycles. The normalized spacial score (nSPS) is 11.1. The second kappa shape index (κ2) is 13.7. The van der Waals surface area contributed by atoms with Gasteiger partial charge >= 0.3 is 12.0 Å². The summed E-state index contributed by atoms with van der Waals surface area (Å²) in [6.45, 7) is 2.95. The van der Waals surface area contributed by atoms with Crippen molar-refractivity contribution in [3.8, 4) is 10.4 Å². The standard InChI is InChI=1S/C34H33FN4O4S/c1-4-43-33(41)27-21-39(19-24-12-8-9-13-28(24)35)32-29(30(27)40)26(20-38(3)18-22-10-6-5-7-11-22)31(44-32)23-14-16-25(17-15-23)37-34(42)36-2/h5-17,21H,4,18-20H2,1-3H3,(H2,36,37,42). The summed E-state index contributed by atoms with van der Waals surface area (Å²) in [5.74, 6) is -1.10. The number of aromatic nitrogens is 1. The number of hydrogen-bond donors (Lipinski definition) is 2. The van der Waals surface area contributed by atoms with E-state index >= 15 is 0 Å². The fourth-order valence-corrected chi connectivity index (χ4v) is 6.37. The first-order valence-electron chi connectivity index (χ1n) is 14.2. The number of benzene rings is 3. The van der Waals surface area contributed by atoms with Crippen molar-refractivity contribution in [2.45, 2.75) is 26.6 Å². The highest BCUT2D eigenvalue weighted by molar-refractivity contribution is 7.22. The summed E-state index contributed by atoms with van der Waals surface area (Å²) in [4.78, 5) is 42.5. The molecule has 0 radical (unpaired) electrons. The highest BCUT2D eigenvalue weighted by Gasteiger charge is 2.25. The molecule has 226 valence electrons. The molecule has 10 heteroatoms. The number of ether oxygens (including phenoxy) is 1. The van der Waals surface area contributed by atoms with Crippen molar-refractivity contribution in [2.24, 2.45) is 0 Å². The number of halogens is 1. The van der Waals surface area contributed by atoms with Gasteiger partial charge in [0.1, 0.15) is 16.2 Å². The maximum Gasteiger partial charge on any atom is 0.343 e. The largest absolute Gasteiger partial charge is 0.462 e. The Kier molecular flexibility index (Phi) is 9.52. The van der Waals surface area contributed by atoms with Gasteiger partial charge in [-0.3, -0.25) is 9.69 Å². The Morgan fingerprint density at radius 2 is 1.68 bits per heavy atom. The second-order valence-corrected chi connectivity index (χ2v) is 11.3. The van der Waals surface area contributed by atoms with Crippen LogP contribution in [0.15, 0.2) is 89.9 Å². The highest BCUT2D eigenvalue weighted by atomic mass is 32.1. The molecule has 0 saturated carbocycles. The van der Waals surface area contributed by atoms with Gasteiger partial charge in [-0.1, -0.05) is 60.7 Å². The average molecular weight is 613 g/mol. The molecule has 0 fully saturated rings. The minimum absolute atomic E-state index is 0.0999. The number of esters is 1. The predicted molar refractivity (Wildman–Crippen MR) is 173 cm³/mol. The van der Waals surface area contributed by atoms with Gasteiger partial charge in [-0.25, -0.2) is 14.0 Å². The quantitative estimate of drug-likeness (QED) is 0.176. The van der Waals surface area contributed by atoms with E-state index in [9.17, 15) is 18.8 Å². The van der Waals surface area contributed by atoms with Crippen molar-refractivity contribution in [2.75, 3.05) is 26.0 Å². The van der Waals surface area contributed by atoms with E-state index in [0.717, 1.165) is 21.6 Å². The second-order valence-electron chi connectivity index (χ2n) is 10.3. The van der Waals surface area contributed by atoms with E-state index in [-0.39, 0.29) is 30.6 Å². The Labute approximate surface area is 258 Å². The minimum Gasteiger partial charge on any atom is -0.462 e. The number of urea groups is 1. The summed E-state index contributed by atoms with van der Waals surface area (Å²) in [7, 11) is 3.52. The number of amides is 2. The van der Waals surface area contributed by atoms with Crippen molar-refractivity contribution in [3.05, 3.63) is 123 Å². The van der Waals surface area contributed by atoms with Gasteiger partial charge in [0, 0.05) is 42.5 Å². The summed E-state index contributed by atoms with van der Waals surface area (Å²) >= 11 is 1.41. The molecule has 0 spiro atoms. The van der Waals surface area contributed by atoms with Crippen molar-refractivity contribution >= 4 is 39.2 Å². The third kappa shape index (κ3) is 6.72. The van der Waals surface area contributed by atoms with Crippen molar-refractivity contribution in [1.29, 1.82) is 0 Å². The van der Waals surface area contributed by atoms with Crippen LogP contribution in [0.1, 0.15) is 34.0 Å². The third-order valence-electron chi connectivity index (χ3n) is 7.16. The zero-order valence-corrected chi connectivity index (χ0v) is 25.5. The number of nitrogens with zero attached hydrogens (tertiary/aromatic N) is 2. The van der Waals surface area contributed by atoms with Crippen LogP contribution in [-0.2, 0) is 24.4 Å². The Morgan fingerprint density at radius 1 is 0.977 bits per heavy atom. The monoisotopic (exact) mass is 612 g/mol. The molecular weight excluding hydrogens is 579 g/mol.